The molecule has 0 radical (unpaired) electrons. The van der Waals surface area contributed by atoms with Crippen LogP contribution in [0.25, 0.3) is 0 Å². The van der Waals surface area contributed by atoms with E-state index in [1.54, 1.807) is 7.05 Å². The SMILES string of the molecule is CC(C(=O)O)N(C)C(=O)CC1CCOCC1. The third kappa shape index (κ3) is 3.48. The summed E-state index contributed by atoms with van der Waals surface area (Å²) in [5, 5.41) is 8.79. The van der Waals surface area contributed by atoms with Gasteiger partial charge in [0, 0.05) is 26.7 Å². The van der Waals surface area contributed by atoms with Gasteiger partial charge in [0.05, 0.1) is 0 Å². The normalized spacial score (nSPS) is 19.1. The van der Waals surface area contributed by atoms with Crippen molar-refractivity contribution in [2.24, 2.45) is 5.92 Å². The maximum Gasteiger partial charge on any atom is 0.326 e. The molecule has 1 unspecified atom stereocenters. The first kappa shape index (κ1) is 13.0. The third-order valence-corrected chi connectivity index (χ3v) is 3.14. The van der Waals surface area contributed by atoms with E-state index >= 15 is 0 Å². The van der Waals surface area contributed by atoms with Gasteiger partial charge < -0.3 is 14.7 Å². The van der Waals surface area contributed by atoms with Gasteiger partial charge in [-0.2, -0.15) is 0 Å². The summed E-state index contributed by atoms with van der Waals surface area (Å²) in [5.74, 6) is -0.727. The number of ether oxygens (including phenoxy) is 1. The number of carboxylic acids is 1. The molecule has 0 aromatic carbocycles. The lowest BCUT2D eigenvalue weighted by molar-refractivity contribution is -0.148. The van der Waals surface area contributed by atoms with Gasteiger partial charge in [0.15, 0.2) is 0 Å². The van der Waals surface area contributed by atoms with Gasteiger partial charge in [0.1, 0.15) is 6.04 Å². The maximum atomic E-state index is 11.8. The Morgan fingerprint density at radius 2 is 2.00 bits per heavy atom. The Labute approximate surface area is 95.4 Å². The number of amides is 1. The van der Waals surface area contributed by atoms with E-state index < -0.39 is 12.0 Å². The Bertz CT molecular complexity index is 261. The van der Waals surface area contributed by atoms with Crippen molar-refractivity contribution in [3.63, 3.8) is 0 Å². The molecule has 1 atom stereocenters. The number of carbonyl (C=O) groups excluding carboxylic acids is 1. The van der Waals surface area contributed by atoms with Crippen LogP contribution in [-0.2, 0) is 14.3 Å². The zero-order valence-electron chi connectivity index (χ0n) is 9.81. The summed E-state index contributed by atoms with van der Waals surface area (Å²) >= 11 is 0. The fraction of sp³-hybridized carbons (Fsp3) is 0.818. The molecule has 1 aliphatic rings. The number of carboxylic acid groups (broad SMARTS) is 1. The fourth-order valence-electron chi connectivity index (χ4n) is 1.72. The molecule has 0 bridgehead atoms. The first-order valence-corrected chi connectivity index (χ1v) is 5.58. The van der Waals surface area contributed by atoms with Gasteiger partial charge in [0.25, 0.3) is 0 Å². The summed E-state index contributed by atoms with van der Waals surface area (Å²) in [6, 6.07) is -0.757. The second kappa shape index (κ2) is 5.84. The average molecular weight is 229 g/mol. The minimum Gasteiger partial charge on any atom is -0.480 e. The van der Waals surface area contributed by atoms with Crippen molar-refractivity contribution in [1.29, 1.82) is 0 Å². The molecule has 92 valence electrons. The Kier molecular flexibility index (Phi) is 4.73. The van der Waals surface area contributed by atoms with Crippen LogP contribution in [0, 0.1) is 5.92 Å². The summed E-state index contributed by atoms with van der Waals surface area (Å²) < 4.78 is 5.21. The van der Waals surface area contributed by atoms with Crippen molar-refractivity contribution in [3.8, 4) is 0 Å². The van der Waals surface area contributed by atoms with Crippen molar-refractivity contribution in [1.82, 2.24) is 4.90 Å². The smallest absolute Gasteiger partial charge is 0.326 e. The van der Waals surface area contributed by atoms with Crippen LogP contribution < -0.4 is 0 Å². The number of hydrogen-bond acceptors (Lipinski definition) is 3. The van der Waals surface area contributed by atoms with Gasteiger partial charge in [-0.3, -0.25) is 4.79 Å². The molecule has 0 saturated carbocycles. The largest absolute Gasteiger partial charge is 0.480 e. The van der Waals surface area contributed by atoms with Crippen LogP contribution in [0.15, 0.2) is 0 Å². The molecule has 1 fully saturated rings. The summed E-state index contributed by atoms with van der Waals surface area (Å²) in [6.07, 6.45) is 2.21. The van der Waals surface area contributed by atoms with Crippen LogP contribution in [-0.4, -0.2) is 48.2 Å². The van der Waals surface area contributed by atoms with E-state index in [0.29, 0.717) is 25.6 Å². The second-order valence-electron chi connectivity index (χ2n) is 4.28. The number of nitrogens with zero attached hydrogens (tertiary/aromatic N) is 1. The quantitative estimate of drug-likeness (QED) is 0.772. The third-order valence-electron chi connectivity index (χ3n) is 3.14. The van der Waals surface area contributed by atoms with Crippen LogP contribution >= 0.6 is 0 Å². The molecule has 1 aliphatic heterocycles. The Morgan fingerprint density at radius 3 is 2.50 bits per heavy atom. The highest BCUT2D eigenvalue weighted by Crippen LogP contribution is 2.19. The predicted molar refractivity (Wildman–Crippen MR) is 58.0 cm³/mol. The highest BCUT2D eigenvalue weighted by Gasteiger charge is 2.24. The van der Waals surface area contributed by atoms with E-state index in [9.17, 15) is 9.59 Å². The Morgan fingerprint density at radius 1 is 1.44 bits per heavy atom. The lowest BCUT2D eigenvalue weighted by atomic mass is 9.96. The molecule has 5 heteroatoms. The summed E-state index contributed by atoms with van der Waals surface area (Å²) in [7, 11) is 1.54. The molecule has 0 aromatic heterocycles. The van der Waals surface area contributed by atoms with Crippen molar-refractivity contribution >= 4 is 11.9 Å². The Balaban J connectivity index is 2.41. The molecule has 1 rings (SSSR count). The van der Waals surface area contributed by atoms with Gasteiger partial charge in [-0.15, -0.1) is 0 Å². The van der Waals surface area contributed by atoms with E-state index in [2.05, 4.69) is 0 Å². The van der Waals surface area contributed by atoms with E-state index in [-0.39, 0.29) is 5.91 Å². The van der Waals surface area contributed by atoms with Gasteiger partial charge >= 0.3 is 5.97 Å². The lowest BCUT2D eigenvalue weighted by Gasteiger charge is -2.26. The van der Waals surface area contributed by atoms with Crippen molar-refractivity contribution < 1.29 is 19.4 Å². The van der Waals surface area contributed by atoms with Crippen LogP contribution in [0.5, 0.6) is 0 Å². The molecule has 0 aromatic rings. The van der Waals surface area contributed by atoms with Crippen molar-refractivity contribution in [2.75, 3.05) is 20.3 Å². The number of carbonyl (C=O) groups is 2. The number of likely N-dealkylation sites (N-methyl/N-ethyl adjacent to an activating group) is 1. The van der Waals surface area contributed by atoms with Crippen LogP contribution in [0.4, 0.5) is 0 Å². The molecule has 1 amide bonds. The number of aliphatic carboxylic acids is 1. The topological polar surface area (TPSA) is 66.8 Å². The highest BCUT2D eigenvalue weighted by atomic mass is 16.5. The molecule has 1 saturated heterocycles. The van der Waals surface area contributed by atoms with E-state index in [4.69, 9.17) is 9.84 Å². The van der Waals surface area contributed by atoms with Crippen LogP contribution in [0.2, 0.25) is 0 Å². The molecule has 16 heavy (non-hydrogen) atoms. The van der Waals surface area contributed by atoms with Crippen molar-refractivity contribution in [2.45, 2.75) is 32.2 Å². The highest BCUT2D eigenvalue weighted by molar-refractivity contribution is 5.83. The zero-order valence-corrected chi connectivity index (χ0v) is 9.81. The monoisotopic (exact) mass is 229 g/mol. The van der Waals surface area contributed by atoms with Crippen LogP contribution in [0.3, 0.4) is 0 Å². The minimum atomic E-state index is -0.970. The van der Waals surface area contributed by atoms with E-state index in [1.807, 2.05) is 0 Å². The molecule has 1 heterocycles. The molecular formula is C11H19NO4. The van der Waals surface area contributed by atoms with Crippen molar-refractivity contribution in [3.05, 3.63) is 0 Å². The molecule has 0 spiro atoms. The standard InChI is InChI=1S/C11H19NO4/c1-8(11(14)15)12(2)10(13)7-9-3-5-16-6-4-9/h8-9H,3-7H2,1-2H3,(H,14,15). The summed E-state index contributed by atoms with van der Waals surface area (Å²) in [6.45, 7) is 2.93. The Hall–Kier alpha value is -1.10. The number of hydrogen-bond donors (Lipinski definition) is 1. The molecule has 1 N–H and O–H groups in total. The van der Waals surface area contributed by atoms with E-state index in [1.165, 1.54) is 11.8 Å². The predicted octanol–water partition coefficient (Wildman–Crippen LogP) is 0.735. The molecular weight excluding hydrogens is 210 g/mol. The molecule has 0 aliphatic carbocycles. The number of rotatable bonds is 4. The first-order chi connectivity index (χ1) is 7.52. The second-order valence-corrected chi connectivity index (χ2v) is 4.28. The molecule has 5 nitrogen and oxygen atoms in total. The van der Waals surface area contributed by atoms with E-state index in [0.717, 1.165) is 12.8 Å². The van der Waals surface area contributed by atoms with Gasteiger partial charge in [-0.1, -0.05) is 0 Å². The van der Waals surface area contributed by atoms with Gasteiger partial charge in [-0.05, 0) is 25.7 Å². The first-order valence-electron chi connectivity index (χ1n) is 5.58. The average Bonchev–Trinajstić information content (AvgIpc) is 2.28. The van der Waals surface area contributed by atoms with Crippen LogP contribution in [0.1, 0.15) is 26.2 Å². The van der Waals surface area contributed by atoms with Gasteiger partial charge in [-0.25, -0.2) is 4.79 Å². The summed E-state index contributed by atoms with van der Waals surface area (Å²) in [5.41, 5.74) is 0. The fourth-order valence-corrected chi connectivity index (χ4v) is 1.72. The zero-order chi connectivity index (χ0) is 12.1. The maximum absolute atomic E-state index is 11.8. The summed E-state index contributed by atoms with van der Waals surface area (Å²) in [4.78, 5) is 23.8. The van der Waals surface area contributed by atoms with Gasteiger partial charge in [0.2, 0.25) is 5.91 Å². The lowest BCUT2D eigenvalue weighted by Crippen LogP contribution is -2.41. The minimum absolute atomic E-state index is 0.0956.